The van der Waals surface area contributed by atoms with Crippen molar-refractivity contribution in [1.82, 2.24) is 20.7 Å². The van der Waals surface area contributed by atoms with Gasteiger partial charge in [-0.3, -0.25) is 9.59 Å². The Morgan fingerprint density at radius 3 is 2.71 bits per heavy atom. The maximum Gasteiger partial charge on any atom is 0.407 e. The summed E-state index contributed by atoms with van der Waals surface area (Å²) in [5.74, 6) is -0.434. The topological polar surface area (TPSA) is 134 Å². The van der Waals surface area contributed by atoms with Crippen LogP contribution in [0.4, 0.5) is 4.79 Å². The molecule has 184 valence electrons. The number of hydrogen-bond donors (Lipinski definition) is 3. The summed E-state index contributed by atoms with van der Waals surface area (Å²) in [6.45, 7) is 4.05. The number of nitrogens with one attached hydrogen (secondary N) is 2. The zero-order valence-corrected chi connectivity index (χ0v) is 19.9. The Labute approximate surface area is 202 Å². The lowest BCUT2D eigenvalue weighted by molar-refractivity contribution is -0.138. The van der Waals surface area contributed by atoms with Crippen molar-refractivity contribution >= 4 is 29.5 Å². The average molecular weight is 493 g/mol. The van der Waals surface area contributed by atoms with Gasteiger partial charge in [0.1, 0.15) is 18.4 Å². The molecule has 10 nitrogen and oxygen atoms in total. The molecule has 0 radical (unpaired) electrons. The lowest BCUT2D eigenvalue weighted by Gasteiger charge is -2.26. The van der Waals surface area contributed by atoms with E-state index in [1.54, 1.807) is 37.3 Å². The number of carbonyl (C=O) groups is 3. The molecule has 0 aliphatic carbocycles. The molecule has 1 aliphatic heterocycles. The highest BCUT2D eigenvalue weighted by Gasteiger charge is 2.39. The van der Waals surface area contributed by atoms with Gasteiger partial charge in [-0.2, -0.15) is 0 Å². The van der Waals surface area contributed by atoms with Gasteiger partial charge in [0, 0.05) is 30.6 Å². The minimum absolute atomic E-state index is 0.0333. The fourth-order valence-corrected chi connectivity index (χ4v) is 3.84. The van der Waals surface area contributed by atoms with Crippen LogP contribution >= 0.6 is 11.6 Å². The molecule has 11 heteroatoms. The van der Waals surface area contributed by atoms with Crippen molar-refractivity contribution in [1.29, 1.82) is 0 Å². The van der Waals surface area contributed by atoms with Gasteiger partial charge in [0.05, 0.1) is 24.3 Å². The first kappa shape index (κ1) is 25.5. The zero-order valence-electron chi connectivity index (χ0n) is 19.1. The number of halogens is 1. The van der Waals surface area contributed by atoms with E-state index in [-0.39, 0.29) is 31.9 Å². The fraction of sp³-hybridized carbons (Fsp3) is 0.478. The summed E-state index contributed by atoms with van der Waals surface area (Å²) < 4.78 is 10.4. The van der Waals surface area contributed by atoms with Crippen molar-refractivity contribution in [3.05, 3.63) is 52.4 Å². The number of benzene rings is 1. The van der Waals surface area contributed by atoms with Gasteiger partial charge in [-0.1, -0.05) is 35.8 Å². The third kappa shape index (κ3) is 6.94. The Hall–Kier alpha value is -3.11. The fourth-order valence-electron chi connectivity index (χ4n) is 3.71. The van der Waals surface area contributed by atoms with E-state index in [4.69, 9.17) is 20.9 Å². The second-order valence-electron chi connectivity index (χ2n) is 8.20. The largest absolute Gasteiger partial charge is 0.447 e. The normalized spacial score (nSPS) is 18.4. The first-order chi connectivity index (χ1) is 16.3. The number of nitrogens with zero attached hydrogens (tertiary/aromatic N) is 2. The number of amides is 3. The number of aliphatic hydroxyl groups excluding tert-OH is 1. The molecule has 1 aromatic heterocycles. The molecule has 1 aliphatic rings. The summed E-state index contributed by atoms with van der Waals surface area (Å²) in [6, 6.07) is 6.87. The zero-order chi connectivity index (χ0) is 24.7. The molecule has 1 fully saturated rings. The van der Waals surface area contributed by atoms with Crippen molar-refractivity contribution in [3.8, 4) is 0 Å². The molecule has 3 N–H and O–H groups in total. The third-order valence-electron chi connectivity index (χ3n) is 5.39. The predicted octanol–water partition coefficient (Wildman–Crippen LogP) is 2.13. The summed E-state index contributed by atoms with van der Waals surface area (Å²) >= 11 is 5.98. The van der Waals surface area contributed by atoms with E-state index in [0.717, 1.165) is 6.42 Å². The van der Waals surface area contributed by atoms with Crippen LogP contribution in [0.25, 0.3) is 0 Å². The molecule has 3 rings (SSSR count). The number of β-amino-alcohol motifs (C(OH)–C–C–N with tert-alkyl or cyclic N) is 1. The number of ether oxygens (including phenoxy) is 1. The van der Waals surface area contributed by atoms with E-state index in [9.17, 15) is 19.5 Å². The van der Waals surface area contributed by atoms with Crippen LogP contribution in [0.1, 0.15) is 42.8 Å². The lowest BCUT2D eigenvalue weighted by atomic mass is 10.1. The van der Waals surface area contributed by atoms with E-state index in [1.165, 1.54) is 4.90 Å². The smallest absolute Gasteiger partial charge is 0.407 e. The number of rotatable bonds is 9. The van der Waals surface area contributed by atoms with Gasteiger partial charge in [-0.05, 0) is 31.0 Å². The second-order valence-corrected chi connectivity index (χ2v) is 8.64. The summed E-state index contributed by atoms with van der Waals surface area (Å²) in [4.78, 5) is 39.3. The van der Waals surface area contributed by atoms with Crippen LogP contribution in [0, 0.1) is 6.92 Å². The number of aliphatic hydroxyl groups is 1. The molecule has 3 amide bonds. The molecule has 2 heterocycles. The van der Waals surface area contributed by atoms with Crippen LogP contribution in [0.3, 0.4) is 0 Å². The second kappa shape index (κ2) is 11.8. The maximum absolute atomic E-state index is 13.2. The number of carbonyl (C=O) groups excluding carboxylic acids is 3. The predicted molar refractivity (Wildman–Crippen MR) is 123 cm³/mol. The highest BCUT2D eigenvalue weighted by atomic mass is 35.5. The van der Waals surface area contributed by atoms with Gasteiger partial charge in [-0.25, -0.2) is 4.79 Å². The summed E-state index contributed by atoms with van der Waals surface area (Å²) in [6.07, 6.45) is -0.642. The molecular weight excluding hydrogens is 464 g/mol. The Bertz CT molecular complexity index is 996. The van der Waals surface area contributed by atoms with Crippen LogP contribution in [-0.2, 0) is 20.7 Å². The number of likely N-dealkylation sites (tertiary alicyclic amines) is 1. The highest BCUT2D eigenvalue weighted by molar-refractivity contribution is 6.30. The Kier molecular flexibility index (Phi) is 8.89. The van der Waals surface area contributed by atoms with Crippen LogP contribution in [0.5, 0.6) is 0 Å². The van der Waals surface area contributed by atoms with Gasteiger partial charge >= 0.3 is 6.09 Å². The first-order valence-electron chi connectivity index (χ1n) is 11.1. The van der Waals surface area contributed by atoms with E-state index in [0.29, 0.717) is 28.6 Å². The van der Waals surface area contributed by atoms with E-state index >= 15 is 0 Å². The van der Waals surface area contributed by atoms with E-state index in [2.05, 4.69) is 15.8 Å². The maximum atomic E-state index is 13.2. The minimum atomic E-state index is -0.879. The monoisotopic (exact) mass is 492 g/mol. The number of hydrogen-bond acceptors (Lipinski definition) is 7. The molecule has 2 aromatic rings. The summed E-state index contributed by atoms with van der Waals surface area (Å²) in [7, 11) is 0. The van der Waals surface area contributed by atoms with Crippen LogP contribution in [-0.4, -0.2) is 64.9 Å². The van der Waals surface area contributed by atoms with Crippen molar-refractivity contribution in [2.75, 3.05) is 19.7 Å². The molecule has 0 bridgehead atoms. The van der Waals surface area contributed by atoms with Crippen LogP contribution in [0.15, 0.2) is 34.9 Å². The SMILES string of the molecule is CCCNC(=O)OC[C@@H](NC(=O)[C@@H]1C[C@@H](O)CN1C(=O)Cc1cc(C)no1)c1ccc(Cl)cc1. The number of aromatic nitrogens is 1. The van der Waals surface area contributed by atoms with E-state index in [1.807, 2.05) is 6.92 Å². The average Bonchev–Trinajstić information content (AvgIpc) is 3.40. The van der Waals surface area contributed by atoms with Crippen LogP contribution in [0.2, 0.25) is 5.02 Å². The molecule has 34 heavy (non-hydrogen) atoms. The van der Waals surface area contributed by atoms with Crippen molar-refractivity contribution in [3.63, 3.8) is 0 Å². The quantitative estimate of drug-likeness (QED) is 0.488. The number of alkyl carbamates (subject to hydrolysis) is 1. The van der Waals surface area contributed by atoms with Gasteiger partial charge in [-0.15, -0.1) is 0 Å². The van der Waals surface area contributed by atoms with Crippen molar-refractivity contribution in [2.45, 2.75) is 51.3 Å². The molecule has 0 spiro atoms. The molecule has 1 saturated heterocycles. The Morgan fingerprint density at radius 1 is 1.32 bits per heavy atom. The highest BCUT2D eigenvalue weighted by Crippen LogP contribution is 2.23. The molecule has 0 unspecified atom stereocenters. The number of aryl methyl sites for hydroxylation is 1. The standard InChI is InChI=1S/C23H29ClN4O6/c1-3-8-25-23(32)33-13-19(15-4-6-16(24)7-5-15)26-22(31)20-10-17(29)12-28(20)21(30)11-18-9-14(2)27-34-18/h4-7,9,17,19-20,29H,3,8,10-13H2,1-2H3,(H,25,32)(H,26,31)/t17-,19-,20+/m1/s1. The summed E-state index contributed by atoms with van der Waals surface area (Å²) in [5, 5.41) is 19.9. The minimum Gasteiger partial charge on any atom is -0.447 e. The van der Waals surface area contributed by atoms with Crippen LogP contribution < -0.4 is 10.6 Å². The molecule has 0 saturated carbocycles. The van der Waals surface area contributed by atoms with Gasteiger partial charge < -0.3 is 29.9 Å². The molecule has 3 atom stereocenters. The Balaban J connectivity index is 1.70. The lowest BCUT2D eigenvalue weighted by Crippen LogP contribution is -2.48. The van der Waals surface area contributed by atoms with Gasteiger partial charge in [0.15, 0.2) is 0 Å². The first-order valence-corrected chi connectivity index (χ1v) is 11.5. The Morgan fingerprint density at radius 2 is 2.06 bits per heavy atom. The van der Waals surface area contributed by atoms with Crippen molar-refractivity contribution < 1.29 is 28.8 Å². The van der Waals surface area contributed by atoms with Gasteiger partial charge in [0.25, 0.3) is 0 Å². The summed E-state index contributed by atoms with van der Waals surface area (Å²) in [5.41, 5.74) is 1.32. The molecule has 1 aromatic carbocycles. The molecular formula is C23H29ClN4O6. The third-order valence-corrected chi connectivity index (χ3v) is 5.65. The van der Waals surface area contributed by atoms with Gasteiger partial charge in [0.2, 0.25) is 11.8 Å². The van der Waals surface area contributed by atoms with Crippen molar-refractivity contribution in [2.24, 2.45) is 0 Å². The van der Waals surface area contributed by atoms with E-state index < -0.39 is 30.2 Å².